The van der Waals surface area contributed by atoms with Gasteiger partial charge in [0.05, 0.1) is 5.69 Å². The number of fused-ring (bicyclic) bond motifs is 1. The molecule has 0 aliphatic carbocycles. The second-order valence-electron chi connectivity index (χ2n) is 8.10. The number of hydrogen-bond donors (Lipinski definition) is 2. The molecular formula is C26H18N2O7S2. The maximum atomic E-state index is 13.7. The molecule has 0 saturated heterocycles. The molecule has 1 aliphatic rings. The van der Waals surface area contributed by atoms with Gasteiger partial charge in [0.15, 0.2) is 0 Å². The molecule has 37 heavy (non-hydrogen) atoms. The number of hydrogen-bond acceptors (Lipinski definition) is 6. The van der Waals surface area contributed by atoms with E-state index in [1.165, 1.54) is 24.3 Å². The lowest BCUT2D eigenvalue weighted by molar-refractivity contribution is -0.113. The average Bonchev–Trinajstić information content (AvgIpc) is 3.18. The maximum Gasteiger partial charge on any atom is 0.297 e. The van der Waals surface area contributed by atoms with Crippen molar-refractivity contribution in [2.45, 2.75) is 9.79 Å². The van der Waals surface area contributed by atoms with Crippen LogP contribution in [0.15, 0.2) is 111 Å². The van der Waals surface area contributed by atoms with Crippen LogP contribution in [0.5, 0.6) is 0 Å². The monoisotopic (exact) mass is 534 g/mol. The minimum Gasteiger partial charge on any atom is -0.282 e. The molecule has 1 aliphatic heterocycles. The van der Waals surface area contributed by atoms with Gasteiger partial charge in [-0.3, -0.25) is 18.8 Å². The number of rotatable bonds is 5. The summed E-state index contributed by atoms with van der Waals surface area (Å²) in [5.41, 5.74) is 0.986. The zero-order valence-corrected chi connectivity index (χ0v) is 20.5. The molecule has 0 atom stereocenters. The Labute approximate surface area is 212 Å². The van der Waals surface area contributed by atoms with Crippen LogP contribution in [-0.4, -0.2) is 37.7 Å². The molecule has 0 saturated carbocycles. The summed E-state index contributed by atoms with van der Waals surface area (Å²) in [6.45, 7) is 0. The Bertz CT molecular complexity index is 1830. The third-order valence-electron chi connectivity index (χ3n) is 5.72. The summed E-state index contributed by atoms with van der Waals surface area (Å²) in [4.78, 5) is 18.0. The molecule has 186 valence electrons. The molecule has 0 unspecified atom stereocenters. The summed E-state index contributed by atoms with van der Waals surface area (Å²) in [7, 11) is -9.73. The van der Waals surface area contributed by atoms with Gasteiger partial charge in [-0.05, 0) is 23.8 Å². The maximum absolute atomic E-state index is 13.7. The van der Waals surface area contributed by atoms with Gasteiger partial charge < -0.3 is 0 Å². The van der Waals surface area contributed by atoms with Crippen LogP contribution < -0.4 is 4.90 Å². The van der Waals surface area contributed by atoms with Gasteiger partial charge in [0, 0.05) is 16.3 Å². The Balaban J connectivity index is 1.80. The molecule has 4 aromatic rings. The third kappa shape index (κ3) is 4.56. The van der Waals surface area contributed by atoms with Crippen molar-refractivity contribution >= 4 is 54.5 Å². The van der Waals surface area contributed by atoms with E-state index in [4.69, 9.17) is 0 Å². The van der Waals surface area contributed by atoms with Gasteiger partial charge in [-0.25, -0.2) is 4.99 Å². The first-order valence-electron chi connectivity index (χ1n) is 10.8. The van der Waals surface area contributed by atoms with Gasteiger partial charge in [-0.15, -0.1) is 0 Å². The molecule has 0 fully saturated rings. The van der Waals surface area contributed by atoms with Crippen molar-refractivity contribution in [2.75, 3.05) is 4.90 Å². The Morgan fingerprint density at radius 3 is 1.97 bits per heavy atom. The molecule has 2 N–H and O–H groups in total. The van der Waals surface area contributed by atoms with Crippen LogP contribution >= 0.6 is 0 Å². The molecular weight excluding hydrogens is 516 g/mol. The number of amidine groups is 1. The predicted octanol–water partition coefficient (Wildman–Crippen LogP) is 4.17. The van der Waals surface area contributed by atoms with E-state index in [1.807, 2.05) is 6.07 Å². The summed E-state index contributed by atoms with van der Waals surface area (Å²) in [5.74, 6) is -0.541. The zero-order valence-electron chi connectivity index (χ0n) is 18.9. The number of nitrogens with zero attached hydrogens (tertiary/aromatic N) is 2. The van der Waals surface area contributed by atoms with E-state index in [0.717, 1.165) is 11.0 Å². The van der Waals surface area contributed by atoms with Gasteiger partial charge >= 0.3 is 0 Å². The quantitative estimate of drug-likeness (QED) is 0.289. The Morgan fingerprint density at radius 1 is 0.703 bits per heavy atom. The molecule has 1 heterocycles. The van der Waals surface area contributed by atoms with E-state index in [0.29, 0.717) is 11.1 Å². The second-order valence-corrected chi connectivity index (χ2v) is 10.8. The number of carbonyl (C=O) groups excluding carboxylic acids is 1. The first-order chi connectivity index (χ1) is 17.6. The summed E-state index contributed by atoms with van der Waals surface area (Å²) < 4.78 is 69.0. The van der Waals surface area contributed by atoms with Crippen molar-refractivity contribution in [3.63, 3.8) is 0 Å². The van der Waals surface area contributed by atoms with Gasteiger partial charge in [-0.1, -0.05) is 78.9 Å². The number of benzene rings is 4. The van der Waals surface area contributed by atoms with Gasteiger partial charge in [-0.2, -0.15) is 16.8 Å². The van der Waals surface area contributed by atoms with Crippen LogP contribution in [0.1, 0.15) is 11.1 Å². The van der Waals surface area contributed by atoms with E-state index < -0.39 is 35.9 Å². The highest BCUT2D eigenvalue weighted by Gasteiger charge is 2.37. The van der Waals surface area contributed by atoms with Crippen molar-refractivity contribution in [2.24, 2.45) is 4.99 Å². The smallest absolute Gasteiger partial charge is 0.282 e. The SMILES string of the molecule is O=C1/C(=C/c2ccccc2)N=C(c2ccccc2)N1c1ccc2c(S(=O)(=O)O)cccc2c1S(=O)(=O)O. The average molecular weight is 535 g/mol. The normalized spacial score (nSPS) is 15.4. The molecule has 0 aromatic heterocycles. The molecule has 11 heteroatoms. The predicted molar refractivity (Wildman–Crippen MR) is 138 cm³/mol. The minimum absolute atomic E-state index is 0.0260. The molecule has 5 rings (SSSR count). The largest absolute Gasteiger partial charge is 0.297 e. The Hall–Kier alpha value is -4.16. The highest BCUT2D eigenvalue weighted by atomic mass is 32.2. The first-order valence-corrected chi connectivity index (χ1v) is 13.7. The van der Waals surface area contributed by atoms with Gasteiger partial charge in [0.2, 0.25) is 0 Å². The van der Waals surface area contributed by atoms with Crippen LogP contribution in [0, 0.1) is 0 Å². The Kier molecular flexibility index (Phi) is 6.00. The summed E-state index contributed by atoms with van der Waals surface area (Å²) in [5, 5.41) is -0.345. The minimum atomic E-state index is -5.01. The van der Waals surface area contributed by atoms with Crippen LogP contribution in [0.3, 0.4) is 0 Å². The highest BCUT2D eigenvalue weighted by molar-refractivity contribution is 7.86. The molecule has 4 aromatic carbocycles. The van der Waals surface area contributed by atoms with Crippen molar-refractivity contribution in [1.29, 1.82) is 0 Å². The van der Waals surface area contributed by atoms with Crippen LogP contribution in [-0.2, 0) is 25.0 Å². The van der Waals surface area contributed by atoms with E-state index >= 15 is 0 Å². The topological polar surface area (TPSA) is 141 Å². The zero-order chi connectivity index (χ0) is 26.4. The van der Waals surface area contributed by atoms with E-state index in [-0.39, 0.29) is 28.0 Å². The van der Waals surface area contributed by atoms with Gasteiger partial charge in [0.1, 0.15) is 21.3 Å². The lowest BCUT2D eigenvalue weighted by atomic mass is 10.1. The summed E-state index contributed by atoms with van der Waals surface area (Å²) in [6.07, 6.45) is 1.55. The van der Waals surface area contributed by atoms with Crippen LogP contribution in [0.25, 0.3) is 16.8 Å². The van der Waals surface area contributed by atoms with E-state index in [1.54, 1.807) is 60.7 Å². The van der Waals surface area contributed by atoms with Crippen LogP contribution in [0.2, 0.25) is 0 Å². The molecule has 0 bridgehead atoms. The fraction of sp³-hybridized carbons (Fsp3) is 0. The lowest BCUT2D eigenvalue weighted by Crippen LogP contribution is -2.34. The number of anilines is 1. The number of aliphatic imine (C=N–C) groups is 1. The first kappa shape index (κ1) is 24.5. The highest BCUT2D eigenvalue weighted by Crippen LogP contribution is 2.38. The number of carbonyl (C=O) groups is 1. The summed E-state index contributed by atoms with van der Waals surface area (Å²) in [6, 6.07) is 23.6. The third-order valence-corrected chi connectivity index (χ3v) is 7.58. The van der Waals surface area contributed by atoms with Crippen LogP contribution in [0.4, 0.5) is 5.69 Å². The molecule has 0 spiro atoms. The lowest BCUT2D eigenvalue weighted by Gasteiger charge is -2.22. The standard InChI is InChI=1S/C26H18N2O7S2/c29-26-21(16-17-8-3-1-4-9-17)27-25(18-10-5-2-6-11-18)28(26)22-15-14-19-20(24(22)37(33,34)35)12-7-13-23(19)36(30,31)32/h1-16H,(H,30,31,32)(H,33,34,35)/b21-16-. The van der Waals surface area contributed by atoms with E-state index in [2.05, 4.69) is 4.99 Å². The molecule has 0 radical (unpaired) electrons. The second kappa shape index (κ2) is 9.05. The number of amides is 1. The van der Waals surface area contributed by atoms with Gasteiger partial charge in [0.25, 0.3) is 26.1 Å². The molecule has 9 nitrogen and oxygen atoms in total. The Morgan fingerprint density at radius 2 is 1.35 bits per heavy atom. The van der Waals surface area contributed by atoms with Crippen molar-refractivity contribution in [3.05, 3.63) is 108 Å². The molecule has 1 amide bonds. The van der Waals surface area contributed by atoms with Crippen molar-refractivity contribution in [3.8, 4) is 0 Å². The van der Waals surface area contributed by atoms with Crippen molar-refractivity contribution < 1.29 is 30.7 Å². The summed E-state index contributed by atoms with van der Waals surface area (Å²) >= 11 is 0. The fourth-order valence-corrected chi connectivity index (χ4v) is 5.78. The van der Waals surface area contributed by atoms with Crippen molar-refractivity contribution in [1.82, 2.24) is 0 Å². The fourth-order valence-electron chi connectivity index (χ4n) is 4.19. The van der Waals surface area contributed by atoms with E-state index in [9.17, 15) is 30.7 Å².